The second-order valence-corrected chi connectivity index (χ2v) is 6.07. The normalized spacial score (nSPS) is 11.4. The molecule has 0 aliphatic heterocycles. The fourth-order valence-electron chi connectivity index (χ4n) is 2.62. The van der Waals surface area contributed by atoms with Crippen molar-refractivity contribution >= 4 is 0 Å². The maximum Gasteiger partial charge on any atom is 0.102 e. The third-order valence-electron chi connectivity index (χ3n) is 4.08. The summed E-state index contributed by atoms with van der Waals surface area (Å²) in [5.74, 6) is 0. The van der Waals surface area contributed by atoms with Crippen molar-refractivity contribution in [2.24, 2.45) is 0 Å². The average molecular weight is 310 g/mol. The molecule has 0 aliphatic carbocycles. The number of aliphatic hydroxyl groups is 2. The molecule has 0 heterocycles. The van der Waals surface area contributed by atoms with Crippen molar-refractivity contribution in [1.82, 2.24) is 0 Å². The van der Waals surface area contributed by atoms with Crippen LogP contribution in [0.4, 0.5) is 0 Å². The van der Waals surface area contributed by atoms with E-state index in [1.807, 2.05) is 0 Å². The van der Waals surface area contributed by atoms with Gasteiger partial charge in [0.25, 0.3) is 0 Å². The highest BCUT2D eigenvalue weighted by Gasteiger charge is 2.19. The quantitative estimate of drug-likeness (QED) is 0.349. The van der Waals surface area contributed by atoms with Gasteiger partial charge in [0.05, 0.1) is 26.8 Å². The van der Waals surface area contributed by atoms with Crippen molar-refractivity contribution in [2.75, 3.05) is 39.9 Å². The molecule has 0 atom stereocenters. The Balaban J connectivity index is 0. The number of halogens is 1. The topological polar surface area (TPSA) is 40.5 Å². The third kappa shape index (κ3) is 13.2. The van der Waals surface area contributed by atoms with Crippen LogP contribution in [-0.4, -0.2) is 54.6 Å². The van der Waals surface area contributed by atoms with Crippen LogP contribution in [0, 0.1) is 0 Å². The van der Waals surface area contributed by atoms with Crippen molar-refractivity contribution < 1.29 is 27.1 Å². The molecule has 0 radical (unpaired) electrons. The van der Waals surface area contributed by atoms with E-state index < -0.39 is 0 Å². The Labute approximate surface area is 132 Å². The molecule has 0 fully saturated rings. The number of rotatable bonds is 14. The zero-order valence-electron chi connectivity index (χ0n) is 13.6. The first-order chi connectivity index (χ1) is 9.18. The Morgan fingerprint density at radius 1 is 0.650 bits per heavy atom. The summed E-state index contributed by atoms with van der Waals surface area (Å²) < 4.78 is 0.809. The number of hydrogen-bond acceptors (Lipinski definition) is 2. The zero-order valence-corrected chi connectivity index (χ0v) is 14.4. The molecule has 0 aliphatic rings. The summed E-state index contributed by atoms with van der Waals surface area (Å²) in [5, 5.41) is 18.1. The number of hydrogen-bond donors (Lipinski definition) is 2. The minimum Gasteiger partial charge on any atom is -1.00 e. The van der Waals surface area contributed by atoms with Crippen molar-refractivity contribution in [3.05, 3.63) is 0 Å². The summed E-state index contributed by atoms with van der Waals surface area (Å²) in [4.78, 5) is 0. The molecule has 0 aromatic heterocycles. The lowest BCUT2D eigenvalue weighted by molar-refractivity contribution is -0.910. The lowest BCUT2D eigenvalue weighted by Crippen LogP contribution is -3.00. The molecule has 0 aromatic carbocycles. The van der Waals surface area contributed by atoms with Gasteiger partial charge in [-0.05, 0) is 12.8 Å². The molecule has 0 spiro atoms. The molecule has 20 heavy (non-hydrogen) atoms. The van der Waals surface area contributed by atoms with E-state index in [0.29, 0.717) is 0 Å². The first kappa shape index (κ1) is 22.5. The highest BCUT2D eigenvalue weighted by Crippen LogP contribution is 2.11. The van der Waals surface area contributed by atoms with Crippen LogP contribution in [0.3, 0.4) is 0 Å². The van der Waals surface area contributed by atoms with Crippen LogP contribution in [0.25, 0.3) is 0 Å². The van der Waals surface area contributed by atoms with E-state index in [1.54, 1.807) is 0 Å². The van der Waals surface area contributed by atoms with Gasteiger partial charge in [-0.2, -0.15) is 0 Å². The van der Waals surface area contributed by atoms with Crippen LogP contribution < -0.4 is 12.4 Å². The Morgan fingerprint density at radius 3 is 1.45 bits per heavy atom. The van der Waals surface area contributed by atoms with Crippen LogP contribution in [0.5, 0.6) is 0 Å². The first-order valence-corrected chi connectivity index (χ1v) is 8.24. The van der Waals surface area contributed by atoms with Crippen LogP contribution in [0.2, 0.25) is 0 Å². The number of aliphatic hydroxyl groups excluding tert-OH is 2. The fourth-order valence-corrected chi connectivity index (χ4v) is 2.62. The number of quaternary nitrogens is 1. The Morgan fingerprint density at radius 2 is 1.05 bits per heavy atom. The smallest absolute Gasteiger partial charge is 0.102 e. The maximum absolute atomic E-state index is 9.07. The van der Waals surface area contributed by atoms with Gasteiger partial charge in [-0.3, -0.25) is 0 Å². The van der Waals surface area contributed by atoms with E-state index in [9.17, 15) is 0 Å². The molecule has 0 unspecified atom stereocenters. The van der Waals surface area contributed by atoms with Gasteiger partial charge in [0.15, 0.2) is 0 Å². The fraction of sp³-hybridized carbons (Fsp3) is 1.00. The van der Waals surface area contributed by atoms with E-state index in [4.69, 9.17) is 10.2 Å². The van der Waals surface area contributed by atoms with Gasteiger partial charge < -0.3 is 27.1 Å². The van der Waals surface area contributed by atoms with E-state index in [-0.39, 0.29) is 25.6 Å². The van der Waals surface area contributed by atoms with Crippen LogP contribution in [-0.2, 0) is 0 Å². The average Bonchev–Trinajstić information content (AvgIpc) is 2.37. The van der Waals surface area contributed by atoms with Crippen molar-refractivity contribution in [3.63, 3.8) is 0 Å². The van der Waals surface area contributed by atoms with Gasteiger partial charge in [0.1, 0.15) is 13.1 Å². The monoisotopic (exact) mass is 309 g/mol. The summed E-state index contributed by atoms with van der Waals surface area (Å²) in [6, 6.07) is 0. The lowest BCUT2D eigenvalue weighted by atomic mass is 10.1. The second-order valence-electron chi connectivity index (χ2n) is 6.07. The van der Waals surface area contributed by atoms with Gasteiger partial charge in [-0.25, -0.2) is 0 Å². The second kappa shape index (κ2) is 15.6. The number of likely N-dealkylation sites (N-methyl/N-ethyl adjacent to an activating group) is 1. The largest absolute Gasteiger partial charge is 1.00 e. The summed E-state index contributed by atoms with van der Waals surface area (Å²) in [6.45, 7) is 5.29. The van der Waals surface area contributed by atoms with Crippen LogP contribution in [0.15, 0.2) is 0 Å². The van der Waals surface area contributed by atoms with Gasteiger partial charge in [-0.15, -0.1) is 0 Å². The van der Waals surface area contributed by atoms with E-state index in [2.05, 4.69) is 14.0 Å². The standard InChI is InChI=1S/C16H36NO2.ClH/c1-3-4-5-6-7-8-9-10-11-12-17(2,13-15-18)14-16-19;/h18-19H,3-16H2,1-2H3;1H/q+1;/p-1. The van der Waals surface area contributed by atoms with Gasteiger partial charge >= 0.3 is 0 Å². The first-order valence-electron chi connectivity index (χ1n) is 8.24. The maximum atomic E-state index is 9.07. The van der Waals surface area contributed by atoms with E-state index >= 15 is 0 Å². The minimum atomic E-state index is 0. The minimum absolute atomic E-state index is 0. The SMILES string of the molecule is CCCCCCCCCCC[N+](C)(CCO)CCO.[Cl-]. The molecule has 0 saturated carbocycles. The van der Waals surface area contributed by atoms with Crippen LogP contribution in [0.1, 0.15) is 64.7 Å². The molecule has 3 nitrogen and oxygen atoms in total. The summed E-state index contributed by atoms with van der Waals surface area (Å²) in [5.41, 5.74) is 0. The summed E-state index contributed by atoms with van der Waals surface area (Å²) >= 11 is 0. The highest BCUT2D eigenvalue weighted by molar-refractivity contribution is 4.48. The van der Waals surface area contributed by atoms with Gasteiger partial charge in [0, 0.05) is 0 Å². The van der Waals surface area contributed by atoms with Crippen molar-refractivity contribution in [1.29, 1.82) is 0 Å². The Hall–Kier alpha value is 0.170. The summed E-state index contributed by atoms with van der Waals surface area (Å²) in [6.07, 6.45) is 12.1. The summed E-state index contributed by atoms with van der Waals surface area (Å²) in [7, 11) is 2.14. The lowest BCUT2D eigenvalue weighted by Gasteiger charge is -2.33. The zero-order chi connectivity index (χ0) is 14.4. The molecular weight excluding hydrogens is 274 g/mol. The molecule has 0 bridgehead atoms. The Kier molecular flexibility index (Phi) is 17.5. The molecule has 4 heteroatoms. The molecule has 0 rings (SSSR count). The Bertz CT molecular complexity index is 185. The van der Waals surface area contributed by atoms with Gasteiger partial charge in [0.2, 0.25) is 0 Å². The molecule has 0 amide bonds. The van der Waals surface area contributed by atoms with Crippen molar-refractivity contribution in [2.45, 2.75) is 64.7 Å². The van der Waals surface area contributed by atoms with Crippen LogP contribution >= 0.6 is 0 Å². The number of nitrogens with zero attached hydrogens (tertiary/aromatic N) is 1. The molecular formula is C16H36ClNO2. The van der Waals surface area contributed by atoms with E-state index in [0.717, 1.165) is 24.1 Å². The highest BCUT2D eigenvalue weighted by atomic mass is 35.5. The predicted molar refractivity (Wildman–Crippen MR) is 82.2 cm³/mol. The van der Waals surface area contributed by atoms with E-state index in [1.165, 1.54) is 57.8 Å². The van der Waals surface area contributed by atoms with Crippen molar-refractivity contribution in [3.8, 4) is 0 Å². The molecule has 0 saturated heterocycles. The predicted octanol–water partition coefficient (Wildman–Crippen LogP) is -0.0476. The van der Waals surface area contributed by atoms with Gasteiger partial charge in [-0.1, -0.05) is 51.9 Å². The molecule has 2 N–H and O–H groups in total. The molecule has 0 aromatic rings. The molecule has 124 valence electrons. The third-order valence-corrected chi connectivity index (χ3v) is 4.08. The number of unbranched alkanes of at least 4 members (excludes halogenated alkanes) is 8.